The molecule has 0 saturated carbocycles. The third-order valence-electron chi connectivity index (χ3n) is 2.23. The highest BCUT2D eigenvalue weighted by atomic mass is 14.9. The van der Waals surface area contributed by atoms with Gasteiger partial charge in [0.05, 0.1) is 0 Å². The molecule has 0 aromatic heterocycles. The maximum absolute atomic E-state index is 5.17. The number of rotatable bonds is 8. The molecule has 0 spiro atoms. The second-order valence-electron chi connectivity index (χ2n) is 3.66. The first-order valence-electron chi connectivity index (χ1n) is 5.48. The van der Waals surface area contributed by atoms with E-state index in [4.69, 9.17) is 6.42 Å². The van der Waals surface area contributed by atoms with E-state index < -0.39 is 0 Å². The Morgan fingerprint density at radius 3 is 2.69 bits per heavy atom. The van der Waals surface area contributed by atoms with E-state index in [-0.39, 0.29) is 0 Å². The number of hydrogen-bond acceptors (Lipinski definition) is 1. The summed E-state index contributed by atoms with van der Waals surface area (Å²) in [4.78, 5) is 0. The Kier molecular flexibility index (Phi) is 9.25. The lowest BCUT2D eigenvalue weighted by Gasteiger charge is -2.12. The van der Waals surface area contributed by atoms with Gasteiger partial charge in [-0.3, -0.25) is 0 Å². The molecule has 0 radical (unpaired) electrons. The molecule has 0 saturated heterocycles. The summed E-state index contributed by atoms with van der Waals surface area (Å²) < 4.78 is 0. The predicted molar refractivity (Wildman–Crippen MR) is 59.7 cm³/mol. The lowest BCUT2D eigenvalue weighted by atomic mass is 10.1. The van der Waals surface area contributed by atoms with Gasteiger partial charge in [-0.05, 0) is 32.7 Å². The van der Waals surface area contributed by atoms with Crippen molar-refractivity contribution in [3.63, 3.8) is 0 Å². The fraction of sp³-hybridized carbons (Fsp3) is 0.833. The molecule has 0 fully saturated rings. The third kappa shape index (κ3) is 9.43. The van der Waals surface area contributed by atoms with Crippen LogP contribution in [-0.2, 0) is 0 Å². The minimum atomic E-state index is 0.672. The minimum Gasteiger partial charge on any atom is -0.314 e. The molecule has 0 aliphatic carbocycles. The van der Waals surface area contributed by atoms with Crippen molar-refractivity contribution in [3.8, 4) is 12.3 Å². The van der Waals surface area contributed by atoms with Gasteiger partial charge in [0.1, 0.15) is 0 Å². The van der Waals surface area contributed by atoms with Crippen molar-refractivity contribution < 1.29 is 0 Å². The molecule has 1 atom stereocenters. The molecule has 0 aliphatic rings. The van der Waals surface area contributed by atoms with Crippen molar-refractivity contribution in [2.45, 2.75) is 58.4 Å². The van der Waals surface area contributed by atoms with Crippen LogP contribution in [0.15, 0.2) is 0 Å². The SMILES string of the molecule is C#CCCCCNC(C)CCCC. The second-order valence-corrected chi connectivity index (χ2v) is 3.66. The Balaban J connectivity index is 3.08. The summed E-state index contributed by atoms with van der Waals surface area (Å²) in [6.07, 6.45) is 12.4. The van der Waals surface area contributed by atoms with Crippen LogP contribution >= 0.6 is 0 Å². The first-order valence-corrected chi connectivity index (χ1v) is 5.48. The van der Waals surface area contributed by atoms with Crippen molar-refractivity contribution >= 4 is 0 Å². The topological polar surface area (TPSA) is 12.0 Å². The average molecular weight is 181 g/mol. The van der Waals surface area contributed by atoms with Gasteiger partial charge < -0.3 is 5.32 Å². The molecule has 1 N–H and O–H groups in total. The quantitative estimate of drug-likeness (QED) is 0.448. The Morgan fingerprint density at radius 2 is 2.08 bits per heavy atom. The summed E-state index contributed by atoms with van der Waals surface area (Å²) in [7, 11) is 0. The van der Waals surface area contributed by atoms with Gasteiger partial charge in [0.2, 0.25) is 0 Å². The van der Waals surface area contributed by atoms with E-state index in [0.717, 1.165) is 19.4 Å². The van der Waals surface area contributed by atoms with Crippen LogP contribution in [0.5, 0.6) is 0 Å². The van der Waals surface area contributed by atoms with Gasteiger partial charge >= 0.3 is 0 Å². The molecule has 0 rings (SSSR count). The van der Waals surface area contributed by atoms with Crippen molar-refractivity contribution in [3.05, 3.63) is 0 Å². The summed E-state index contributed by atoms with van der Waals surface area (Å²) in [6, 6.07) is 0.672. The molecule has 76 valence electrons. The van der Waals surface area contributed by atoms with Crippen LogP contribution in [0.1, 0.15) is 52.4 Å². The van der Waals surface area contributed by atoms with Crippen LogP contribution in [0, 0.1) is 12.3 Å². The van der Waals surface area contributed by atoms with E-state index in [1.54, 1.807) is 0 Å². The van der Waals surface area contributed by atoms with E-state index in [1.165, 1.54) is 25.7 Å². The molecule has 1 heteroatoms. The highest BCUT2D eigenvalue weighted by Crippen LogP contribution is 2.00. The molecule has 0 heterocycles. The Morgan fingerprint density at radius 1 is 1.31 bits per heavy atom. The van der Waals surface area contributed by atoms with Gasteiger partial charge in [-0.25, -0.2) is 0 Å². The Bertz CT molecular complexity index is 135. The molecule has 13 heavy (non-hydrogen) atoms. The fourth-order valence-electron chi connectivity index (χ4n) is 1.31. The highest BCUT2D eigenvalue weighted by Gasteiger charge is 1.98. The van der Waals surface area contributed by atoms with E-state index >= 15 is 0 Å². The summed E-state index contributed by atoms with van der Waals surface area (Å²) in [5.74, 6) is 2.66. The monoisotopic (exact) mass is 181 g/mol. The van der Waals surface area contributed by atoms with E-state index in [0.29, 0.717) is 6.04 Å². The molecule has 0 bridgehead atoms. The predicted octanol–water partition coefficient (Wildman–Crippen LogP) is 2.96. The molecule has 1 nitrogen and oxygen atoms in total. The van der Waals surface area contributed by atoms with Crippen molar-refractivity contribution in [1.82, 2.24) is 5.32 Å². The molecule has 0 aromatic carbocycles. The fourth-order valence-corrected chi connectivity index (χ4v) is 1.31. The zero-order valence-corrected chi connectivity index (χ0v) is 9.10. The summed E-state index contributed by atoms with van der Waals surface area (Å²) >= 11 is 0. The van der Waals surface area contributed by atoms with Crippen LogP contribution in [0.2, 0.25) is 0 Å². The normalized spacial score (nSPS) is 12.4. The summed E-state index contributed by atoms with van der Waals surface area (Å²) in [6.45, 7) is 5.61. The van der Waals surface area contributed by atoms with Gasteiger partial charge in [-0.2, -0.15) is 0 Å². The minimum absolute atomic E-state index is 0.672. The standard InChI is InChI=1S/C12H23N/c1-4-6-8-9-11-13-12(3)10-7-5-2/h1,12-13H,5-11H2,2-3H3. The van der Waals surface area contributed by atoms with Gasteiger partial charge in [0, 0.05) is 12.5 Å². The molecule has 1 unspecified atom stereocenters. The lowest BCUT2D eigenvalue weighted by molar-refractivity contribution is 0.485. The average Bonchev–Trinajstić information content (AvgIpc) is 2.14. The largest absolute Gasteiger partial charge is 0.314 e. The maximum atomic E-state index is 5.17. The highest BCUT2D eigenvalue weighted by molar-refractivity contribution is 4.82. The molecule has 0 aromatic rings. The summed E-state index contributed by atoms with van der Waals surface area (Å²) in [5.41, 5.74) is 0. The number of nitrogens with one attached hydrogen (secondary N) is 1. The Hall–Kier alpha value is -0.480. The lowest BCUT2D eigenvalue weighted by Crippen LogP contribution is -2.26. The van der Waals surface area contributed by atoms with Gasteiger partial charge in [0.25, 0.3) is 0 Å². The Labute approximate surface area is 83.3 Å². The van der Waals surface area contributed by atoms with Crippen LogP contribution in [-0.4, -0.2) is 12.6 Å². The zero-order valence-electron chi connectivity index (χ0n) is 9.10. The van der Waals surface area contributed by atoms with Crippen LogP contribution in [0.4, 0.5) is 0 Å². The van der Waals surface area contributed by atoms with Crippen LogP contribution in [0.25, 0.3) is 0 Å². The van der Waals surface area contributed by atoms with E-state index in [2.05, 4.69) is 25.1 Å². The molecular weight excluding hydrogens is 158 g/mol. The second kappa shape index (κ2) is 9.61. The van der Waals surface area contributed by atoms with Crippen molar-refractivity contribution in [2.75, 3.05) is 6.54 Å². The summed E-state index contributed by atoms with van der Waals surface area (Å²) in [5, 5.41) is 3.51. The smallest absolute Gasteiger partial charge is 0.00865 e. The van der Waals surface area contributed by atoms with Crippen LogP contribution < -0.4 is 5.32 Å². The van der Waals surface area contributed by atoms with Gasteiger partial charge in [-0.1, -0.05) is 19.8 Å². The molecular formula is C12H23N. The van der Waals surface area contributed by atoms with Gasteiger partial charge in [0.15, 0.2) is 0 Å². The van der Waals surface area contributed by atoms with E-state index in [9.17, 15) is 0 Å². The van der Waals surface area contributed by atoms with E-state index in [1.807, 2.05) is 0 Å². The molecule has 0 aliphatic heterocycles. The number of unbranched alkanes of at least 4 members (excludes halogenated alkanes) is 3. The number of hydrogen-bond donors (Lipinski definition) is 1. The van der Waals surface area contributed by atoms with Crippen molar-refractivity contribution in [2.24, 2.45) is 0 Å². The number of terminal acetylenes is 1. The van der Waals surface area contributed by atoms with Crippen molar-refractivity contribution in [1.29, 1.82) is 0 Å². The first kappa shape index (κ1) is 12.5. The van der Waals surface area contributed by atoms with Crippen LogP contribution in [0.3, 0.4) is 0 Å². The zero-order chi connectivity index (χ0) is 9.94. The third-order valence-corrected chi connectivity index (χ3v) is 2.23. The first-order chi connectivity index (χ1) is 6.31. The maximum Gasteiger partial charge on any atom is 0.00865 e. The van der Waals surface area contributed by atoms with Gasteiger partial charge in [-0.15, -0.1) is 12.3 Å². The molecule has 0 amide bonds.